The molecule has 0 unspecified atom stereocenters. The number of nitrogens with one attached hydrogen (secondary N) is 1. The Hall–Kier alpha value is -3.01. The van der Waals surface area contributed by atoms with E-state index in [1.165, 1.54) is 5.56 Å². The van der Waals surface area contributed by atoms with Gasteiger partial charge in [-0.2, -0.15) is 0 Å². The van der Waals surface area contributed by atoms with E-state index < -0.39 is 0 Å². The molecule has 3 aromatic carbocycles. The Morgan fingerprint density at radius 1 is 0.920 bits per heavy atom. The lowest BCUT2D eigenvalue weighted by atomic mass is 10.1. The van der Waals surface area contributed by atoms with Crippen molar-refractivity contribution in [3.63, 3.8) is 0 Å². The molecule has 0 radical (unpaired) electrons. The largest absolute Gasteiger partial charge is 0.497 e. The molecule has 0 atom stereocenters. The number of carbonyl (C=O) groups excluding carboxylic acids is 1. The number of ether oxygens (including phenoxy) is 2. The molecule has 3 rings (SSSR count). The van der Waals surface area contributed by atoms with Gasteiger partial charge >= 0.3 is 0 Å². The predicted molar refractivity (Wildman–Crippen MR) is 101 cm³/mol. The first-order chi connectivity index (χ1) is 12.0. The molecule has 0 aliphatic heterocycles. The lowest BCUT2D eigenvalue weighted by Gasteiger charge is -2.11. The first-order valence-electron chi connectivity index (χ1n) is 8.13. The van der Waals surface area contributed by atoms with Crippen molar-refractivity contribution in [3.8, 4) is 11.5 Å². The van der Waals surface area contributed by atoms with Gasteiger partial charge in [0.1, 0.15) is 11.5 Å². The van der Waals surface area contributed by atoms with E-state index in [0.29, 0.717) is 5.75 Å². The Kier molecular flexibility index (Phi) is 4.89. The van der Waals surface area contributed by atoms with Gasteiger partial charge in [0.2, 0.25) is 0 Å². The summed E-state index contributed by atoms with van der Waals surface area (Å²) in [4.78, 5) is 12.1. The van der Waals surface area contributed by atoms with Crippen molar-refractivity contribution in [2.75, 3.05) is 19.0 Å². The Morgan fingerprint density at radius 2 is 1.64 bits per heavy atom. The highest BCUT2D eigenvalue weighted by molar-refractivity contribution is 5.92. The van der Waals surface area contributed by atoms with Crippen LogP contribution in [0.15, 0.2) is 54.6 Å². The van der Waals surface area contributed by atoms with Crippen LogP contribution in [0.3, 0.4) is 0 Å². The minimum atomic E-state index is -0.183. The molecule has 0 spiro atoms. The molecular weight excluding hydrogens is 314 g/mol. The molecule has 0 saturated carbocycles. The van der Waals surface area contributed by atoms with E-state index in [4.69, 9.17) is 9.47 Å². The molecule has 0 aliphatic carbocycles. The number of aryl methyl sites for hydroxylation is 2. The Bertz CT molecular complexity index is 918. The second kappa shape index (κ2) is 7.26. The number of benzene rings is 3. The van der Waals surface area contributed by atoms with Gasteiger partial charge in [0.05, 0.1) is 7.11 Å². The lowest BCUT2D eigenvalue weighted by Crippen LogP contribution is -2.20. The summed E-state index contributed by atoms with van der Waals surface area (Å²) >= 11 is 0. The molecule has 25 heavy (non-hydrogen) atoms. The van der Waals surface area contributed by atoms with Crippen molar-refractivity contribution in [1.29, 1.82) is 0 Å². The second-order valence-electron chi connectivity index (χ2n) is 6.03. The molecule has 0 heterocycles. The summed E-state index contributed by atoms with van der Waals surface area (Å²) in [5.41, 5.74) is 3.01. The van der Waals surface area contributed by atoms with E-state index in [9.17, 15) is 4.79 Å². The molecular formula is C21H21NO3. The number of rotatable bonds is 5. The van der Waals surface area contributed by atoms with Crippen LogP contribution in [-0.2, 0) is 4.79 Å². The van der Waals surface area contributed by atoms with Crippen LogP contribution in [0.5, 0.6) is 11.5 Å². The van der Waals surface area contributed by atoms with Crippen LogP contribution in [0.1, 0.15) is 11.1 Å². The minimum Gasteiger partial charge on any atom is -0.497 e. The van der Waals surface area contributed by atoms with Gasteiger partial charge in [-0.25, -0.2) is 0 Å². The zero-order chi connectivity index (χ0) is 17.8. The fourth-order valence-electron chi connectivity index (χ4n) is 2.71. The van der Waals surface area contributed by atoms with Crippen molar-refractivity contribution in [2.24, 2.45) is 0 Å². The molecule has 0 aliphatic rings. The second-order valence-corrected chi connectivity index (χ2v) is 6.03. The molecule has 0 fully saturated rings. The summed E-state index contributed by atoms with van der Waals surface area (Å²) in [6.45, 7) is 3.96. The average molecular weight is 335 g/mol. The van der Waals surface area contributed by atoms with Gasteiger partial charge in [0, 0.05) is 5.69 Å². The highest BCUT2D eigenvalue weighted by Crippen LogP contribution is 2.25. The Morgan fingerprint density at radius 3 is 2.36 bits per heavy atom. The third-order valence-electron chi connectivity index (χ3n) is 4.04. The van der Waals surface area contributed by atoms with Gasteiger partial charge in [-0.3, -0.25) is 4.79 Å². The number of hydrogen-bond acceptors (Lipinski definition) is 3. The van der Waals surface area contributed by atoms with Crippen molar-refractivity contribution in [2.45, 2.75) is 13.8 Å². The van der Waals surface area contributed by atoms with Crippen molar-refractivity contribution in [3.05, 3.63) is 65.7 Å². The highest BCUT2D eigenvalue weighted by Gasteiger charge is 2.07. The van der Waals surface area contributed by atoms with E-state index in [1.54, 1.807) is 7.11 Å². The van der Waals surface area contributed by atoms with Crippen molar-refractivity contribution in [1.82, 2.24) is 0 Å². The third-order valence-corrected chi connectivity index (χ3v) is 4.04. The molecule has 0 aromatic heterocycles. The smallest absolute Gasteiger partial charge is 0.262 e. The predicted octanol–water partition coefficient (Wildman–Crippen LogP) is 4.48. The van der Waals surface area contributed by atoms with Crippen molar-refractivity contribution < 1.29 is 14.3 Å². The highest BCUT2D eigenvalue weighted by atomic mass is 16.5. The molecule has 128 valence electrons. The maximum absolute atomic E-state index is 12.1. The summed E-state index contributed by atoms with van der Waals surface area (Å²) < 4.78 is 10.9. The summed E-state index contributed by atoms with van der Waals surface area (Å²) in [5.74, 6) is 1.26. The van der Waals surface area contributed by atoms with Gasteiger partial charge in [0.25, 0.3) is 5.91 Å². The van der Waals surface area contributed by atoms with E-state index in [1.807, 2.05) is 68.4 Å². The first-order valence-corrected chi connectivity index (χ1v) is 8.13. The lowest BCUT2D eigenvalue weighted by molar-refractivity contribution is -0.118. The summed E-state index contributed by atoms with van der Waals surface area (Å²) in [7, 11) is 1.64. The van der Waals surface area contributed by atoms with Gasteiger partial charge in [-0.15, -0.1) is 0 Å². The Balaban J connectivity index is 1.66. The molecule has 4 heteroatoms. The summed E-state index contributed by atoms with van der Waals surface area (Å²) in [6.07, 6.45) is 0. The normalized spacial score (nSPS) is 10.5. The van der Waals surface area contributed by atoms with Crippen LogP contribution < -0.4 is 14.8 Å². The van der Waals surface area contributed by atoms with Gasteiger partial charge in [0.15, 0.2) is 6.61 Å². The van der Waals surface area contributed by atoms with Gasteiger partial charge in [-0.05, 0) is 60.5 Å². The van der Waals surface area contributed by atoms with E-state index in [0.717, 1.165) is 27.8 Å². The average Bonchev–Trinajstić information content (AvgIpc) is 2.61. The number of carbonyl (C=O) groups is 1. The van der Waals surface area contributed by atoms with E-state index >= 15 is 0 Å². The number of amides is 1. The third kappa shape index (κ3) is 4.10. The van der Waals surface area contributed by atoms with Crippen LogP contribution in [0.25, 0.3) is 10.8 Å². The van der Waals surface area contributed by atoms with Gasteiger partial charge < -0.3 is 14.8 Å². The minimum absolute atomic E-state index is 0.0389. The first kappa shape index (κ1) is 16.8. The van der Waals surface area contributed by atoms with Crippen molar-refractivity contribution >= 4 is 22.4 Å². The maximum Gasteiger partial charge on any atom is 0.262 e. The fraction of sp³-hybridized carbons (Fsp3) is 0.190. The van der Waals surface area contributed by atoms with Crippen LogP contribution >= 0.6 is 0 Å². The standard InChI is InChI=1S/C21H21NO3/c1-14-4-9-20(15(2)10-14)22-21(23)13-25-19-8-6-16-5-7-18(24-3)11-17(16)12-19/h4-12H,13H2,1-3H3,(H,22,23). The number of fused-ring (bicyclic) bond motifs is 1. The van der Waals surface area contributed by atoms with Gasteiger partial charge in [-0.1, -0.05) is 29.8 Å². The zero-order valence-electron chi connectivity index (χ0n) is 14.6. The summed E-state index contributed by atoms with van der Waals surface area (Å²) in [6, 6.07) is 17.5. The molecule has 3 aromatic rings. The van der Waals surface area contributed by atoms with Crippen LogP contribution in [0, 0.1) is 13.8 Å². The topological polar surface area (TPSA) is 47.6 Å². The van der Waals surface area contributed by atoms with Crippen LogP contribution in [0.4, 0.5) is 5.69 Å². The molecule has 4 nitrogen and oxygen atoms in total. The number of methoxy groups -OCH3 is 1. The van der Waals surface area contributed by atoms with Crippen LogP contribution in [-0.4, -0.2) is 19.6 Å². The SMILES string of the molecule is COc1ccc2ccc(OCC(=O)Nc3ccc(C)cc3C)cc2c1. The quantitative estimate of drug-likeness (QED) is 0.748. The molecule has 0 saturated heterocycles. The Labute approximate surface area is 147 Å². The number of hydrogen-bond donors (Lipinski definition) is 1. The molecule has 1 amide bonds. The van der Waals surface area contributed by atoms with Crippen LogP contribution in [0.2, 0.25) is 0 Å². The molecule has 1 N–H and O–H groups in total. The zero-order valence-corrected chi connectivity index (χ0v) is 14.6. The monoisotopic (exact) mass is 335 g/mol. The number of anilines is 1. The molecule has 0 bridgehead atoms. The summed E-state index contributed by atoms with van der Waals surface area (Å²) in [5, 5.41) is 4.98. The van der Waals surface area contributed by atoms with E-state index in [2.05, 4.69) is 5.32 Å². The fourth-order valence-corrected chi connectivity index (χ4v) is 2.71. The van der Waals surface area contributed by atoms with E-state index in [-0.39, 0.29) is 12.5 Å². The maximum atomic E-state index is 12.1.